The van der Waals surface area contributed by atoms with Gasteiger partial charge in [0.15, 0.2) is 5.13 Å². The zero-order chi connectivity index (χ0) is 14.9. The Hall–Kier alpha value is -1.51. The van der Waals surface area contributed by atoms with E-state index >= 15 is 0 Å². The highest BCUT2D eigenvalue weighted by atomic mass is 32.2. The van der Waals surface area contributed by atoms with Gasteiger partial charge >= 0.3 is 0 Å². The molecular formula is C14H12N4OS3. The van der Waals surface area contributed by atoms with Gasteiger partial charge in [-0.3, -0.25) is 4.79 Å². The van der Waals surface area contributed by atoms with E-state index in [-0.39, 0.29) is 5.91 Å². The van der Waals surface area contributed by atoms with Gasteiger partial charge in [0.2, 0.25) is 5.91 Å². The van der Waals surface area contributed by atoms with Crippen LogP contribution in [-0.4, -0.2) is 26.6 Å². The topological polar surface area (TPSA) is 67.8 Å². The Morgan fingerprint density at radius 2 is 2.27 bits per heavy atom. The van der Waals surface area contributed by atoms with E-state index in [1.165, 1.54) is 40.0 Å². The second-order valence-corrected chi connectivity index (χ2v) is 7.83. The lowest BCUT2D eigenvalue weighted by Gasteiger charge is -2.04. The van der Waals surface area contributed by atoms with E-state index in [2.05, 4.69) is 20.3 Å². The first-order chi connectivity index (χ1) is 10.8. The van der Waals surface area contributed by atoms with E-state index in [0.29, 0.717) is 10.9 Å². The summed E-state index contributed by atoms with van der Waals surface area (Å²) in [5.41, 5.74) is 1.39. The van der Waals surface area contributed by atoms with Gasteiger partial charge in [0.1, 0.15) is 16.2 Å². The number of nitrogens with one attached hydrogen (secondary N) is 1. The van der Waals surface area contributed by atoms with Crippen LogP contribution in [0.1, 0.15) is 16.9 Å². The van der Waals surface area contributed by atoms with E-state index in [1.54, 1.807) is 23.9 Å². The van der Waals surface area contributed by atoms with Crippen LogP contribution in [-0.2, 0) is 17.6 Å². The number of thioether (sulfide) groups is 1. The second kappa shape index (κ2) is 5.94. The molecule has 0 aromatic carbocycles. The number of aromatic nitrogens is 3. The summed E-state index contributed by atoms with van der Waals surface area (Å²) in [7, 11) is 0. The highest BCUT2D eigenvalue weighted by Gasteiger charge is 2.21. The van der Waals surface area contributed by atoms with Crippen molar-refractivity contribution in [2.24, 2.45) is 0 Å². The van der Waals surface area contributed by atoms with Crippen molar-refractivity contribution < 1.29 is 4.79 Å². The Kier molecular flexibility index (Phi) is 3.81. The molecule has 5 nitrogen and oxygen atoms in total. The number of amides is 1. The Labute approximate surface area is 139 Å². The zero-order valence-corrected chi connectivity index (χ0v) is 14.0. The van der Waals surface area contributed by atoms with E-state index < -0.39 is 0 Å². The van der Waals surface area contributed by atoms with Gasteiger partial charge < -0.3 is 5.32 Å². The quantitative estimate of drug-likeness (QED) is 0.578. The van der Waals surface area contributed by atoms with Crippen molar-refractivity contribution in [3.8, 4) is 0 Å². The van der Waals surface area contributed by atoms with Crippen molar-refractivity contribution in [3.05, 3.63) is 28.3 Å². The van der Waals surface area contributed by atoms with Crippen LogP contribution in [0.5, 0.6) is 0 Å². The van der Waals surface area contributed by atoms with Crippen molar-refractivity contribution in [2.45, 2.75) is 24.3 Å². The van der Waals surface area contributed by atoms with Crippen molar-refractivity contribution in [1.82, 2.24) is 15.0 Å². The molecule has 3 heterocycles. The summed E-state index contributed by atoms with van der Waals surface area (Å²) >= 11 is 4.65. The van der Waals surface area contributed by atoms with Crippen LogP contribution in [0.15, 0.2) is 22.9 Å². The maximum absolute atomic E-state index is 12.0. The van der Waals surface area contributed by atoms with Gasteiger partial charge in [0.25, 0.3) is 0 Å². The minimum Gasteiger partial charge on any atom is -0.301 e. The fourth-order valence-corrected chi connectivity index (χ4v) is 5.25. The van der Waals surface area contributed by atoms with E-state index in [0.717, 1.165) is 28.1 Å². The van der Waals surface area contributed by atoms with Crippen LogP contribution in [0.3, 0.4) is 0 Å². The minimum atomic E-state index is -0.0569. The molecule has 1 aliphatic carbocycles. The molecule has 0 bridgehead atoms. The number of nitrogens with zero attached hydrogens (tertiary/aromatic N) is 3. The summed E-state index contributed by atoms with van der Waals surface area (Å²) < 4.78 is 0. The minimum absolute atomic E-state index is 0.0569. The largest absolute Gasteiger partial charge is 0.301 e. The van der Waals surface area contributed by atoms with Gasteiger partial charge in [-0.1, -0.05) is 11.8 Å². The molecule has 1 N–H and O–H groups in total. The van der Waals surface area contributed by atoms with Crippen molar-refractivity contribution >= 4 is 55.7 Å². The SMILES string of the molecule is O=C(CSc1ncnc2sc3c(c12)CCC3)Nc1nccs1. The Morgan fingerprint density at radius 1 is 1.32 bits per heavy atom. The Balaban J connectivity index is 1.53. The summed E-state index contributed by atoms with van der Waals surface area (Å²) in [6.07, 6.45) is 6.72. The van der Waals surface area contributed by atoms with Gasteiger partial charge in [-0.15, -0.1) is 22.7 Å². The van der Waals surface area contributed by atoms with Gasteiger partial charge in [-0.2, -0.15) is 0 Å². The normalized spacial score (nSPS) is 13.5. The maximum Gasteiger partial charge on any atom is 0.236 e. The van der Waals surface area contributed by atoms with E-state index in [4.69, 9.17) is 0 Å². The number of aryl methyl sites for hydroxylation is 2. The summed E-state index contributed by atoms with van der Waals surface area (Å²) in [6, 6.07) is 0. The monoisotopic (exact) mass is 348 g/mol. The summed E-state index contributed by atoms with van der Waals surface area (Å²) in [4.78, 5) is 27.3. The third kappa shape index (κ3) is 2.62. The number of rotatable bonds is 4. The molecule has 0 saturated heterocycles. The number of hydrogen-bond donors (Lipinski definition) is 1. The maximum atomic E-state index is 12.0. The van der Waals surface area contributed by atoms with Gasteiger partial charge in [-0.25, -0.2) is 15.0 Å². The van der Waals surface area contributed by atoms with Crippen molar-refractivity contribution in [3.63, 3.8) is 0 Å². The first-order valence-electron chi connectivity index (χ1n) is 6.88. The third-order valence-corrected chi connectivity index (χ3v) is 6.36. The molecule has 0 radical (unpaired) electrons. The molecule has 112 valence electrons. The number of carbonyl (C=O) groups is 1. The number of anilines is 1. The van der Waals surface area contributed by atoms with Crippen molar-refractivity contribution in [2.75, 3.05) is 11.1 Å². The van der Waals surface area contributed by atoms with E-state index in [1.807, 2.05) is 5.38 Å². The van der Waals surface area contributed by atoms with Crippen LogP contribution in [0.25, 0.3) is 10.2 Å². The lowest BCUT2D eigenvalue weighted by Crippen LogP contribution is -2.13. The fourth-order valence-electron chi connectivity index (χ4n) is 2.58. The predicted octanol–water partition coefficient (Wildman–Crippen LogP) is 3.37. The molecule has 22 heavy (non-hydrogen) atoms. The predicted molar refractivity (Wildman–Crippen MR) is 90.9 cm³/mol. The first kappa shape index (κ1) is 14.1. The molecule has 1 aliphatic rings. The van der Waals surface area contributed by atoms with E-state index in [9.17, 15) is 4.79 Å². The van der Waals surface area contributed by atoms with Gasteiger partial charge in [-0.05, 0) is 24.8 Å². The average molecular weight is 348 g/mol. The lowest BCUT2D eigenvalue weighted by molar-refractivity contribution is -0.113. The van der Waals surface area contributed by atoms with Crippen molar-refractivity contribution in [1.29, 1.82) is 0 Å². The average Bonchev–Trinajstić information content (AvgIpc) is 3.21. The molecule has 0 saturated carbocycles. The number of hydrogen-bond acceptors (Lipinski definition) is 7. The molecular weight excluding hydrogens is 336 g/mol. The van der Waals surface area contributed by atoms with Crippen LogP contribution < -0.4 is 5.32 Å². The molecule has 3 aromatic heterocycles. The molecule has 3 aromatic rings. The molecule has 0 unspecified atom stereocenters. The summed E-state index contributed by atoms with van der Waals surface area (Å²) in [6.45, 7) is 0. The lowest BCUT2D eigenvalue weighted by atomic mass is 10.2. The zero-order valence-electron chi connectivity index (χ0n) is 11.5. The van der Waals surface area contributed by atoms with Crippen LogP contribution >= 0.6 is 34.4 Å². The van der Waals surface area contributed by atoms with Gasteiger partial charge in [0.05, 0.1) is 5.75 Å². The Bertz CT molecular complexity index is 828. The highest BCUT2D eigenvalue weighted by Crippen LogP contribution is 2.39. The molecule has 8 heteroatoms. The number of carbonyl (C=O) groups excluding carboxylic acids is 1. The third-order valence-electron chi connectivity index (χ3n) is 3.49. The second-order valence-electron chi connectivity index (χ2n) is 4.89. The molecule has 0 aliphatic heterocycles. The first-order valence-corrected chi connectivity index (χ1v) is 9.57. The summed E-state index contributed by atoms with van der Waals surface area (Å²) in [5, 5.41) is 7.34. The van der Waals surface area contributed by atoms with Gasteiger partial charge in [0, 0.05) is 21.8 Å². The summed E-state index contributed by atoms with van der Waals surface area (Å²) in [5.74, 6) is 0.273. The van der Waals surface area contributed by atoms with Crippen LogP contribution in [0, 0.1) is 0 Å². The number of thiophene rings is 1. The number of thiazole rings is 1. The van der Waals surface area contributed by atoms with Crippen LogP contribution in [0.4, 0.5) is 5.13 Å². The fraction of sp³-hybridized carbons (Fsp3) is 0.286. The molecule has 0 atom stereocenters. The smallest absolute Gasteiger partial charge is 0.236 e. The molecule has 0 fully saturated rings. The highest BCUT2D eigenvalue weighted by molar-refractivity contribution is 8.00. The molecule has 1 amide bonds. The Morgan fingerprint density at radius 3 is 3.14 bits per heavy atom. The standard InChI is InChI=1S/C14H12N4OS3/c19-10(18-14-15-4-5-20-14)6-21-12-11-8-2-1-3-9(8)22-13(11)17-7-16-12/h4-5,7H,1-3,6H2,(H,15,18,19). The van der Waals surface area contributed by atoms with Crippen LogP contribution in [0.2, 0.25) is 0 Å². The molecule has 4 rings (SSSR count). The molecule has 0 spiro atoms. The number of fused-ring (bicyclic) bond motifs is 3.